The van der Waals surface area contributed by atoms with Gasteiger partial charge in [-0.3, -0.25) is 10.1 Å². The fraction of sp³-hybridized carbons (Fsp3) is 0.571. The van der Waals surface area contributed by atoms with E-state index in [1.165, 1.54) is 83.4 Å². The van der Waals surface area contributed by atoms with Crippen LogP contribution < -0.4 is 9.47 Å². The first-order chi connectivity index (χ1) is 17.6. The van der Waals surface area contributed by atoms with E-state index in [0.717, 1.165) is 36.2 Å². The van der Waals surface area contributed by atoms with Crippen LogP contribution in [0.2, 0.25) is 0 Å². The van der Waals surface area contributed by atoms with Crippen LogP contribution in [0, 0.1) is 10.1 Å². The normalized spacial score (nSPS) is 16.6. The minimum Gasteiger partial charge on any atom is -0.494 e. The van der Waals surface area contributed by atoms with Crippen LogP contribution in [0.25, 0.3) is 0 Å². The fourth-order valence-corrected chi connectivity index (χ4v) is 4.78. The lowest BCUT2D eigenvalue weighted by Crippen LogP contribution is -2.31. The Hall–Kier alpha value is -2.16. The molecular weight excluding hydrogens is 522 g/mol. The van der Waals surface area contributed by atoms with Gasteiger partial charge in [-0.2, -0.15) is 0 Å². The highest BCUT2D eigenvalue weighted by molar-refractivity contribution is 9.10. The Balaban J connectivity index is 0.000000202. The molecule has 7 nitrogen and oxygen atoms in total. The maximum Gasteiger partial charge on any atom is 0.269 e. The van der Waals surface area contributed by atoms with Gasteiger partial charge < -0.3 is 19.3 Å². The first-order valence-electron chi connectivity index (χ1n) is 13.3. The minimum atomic E-state index is -0.403. The molecule has 0 radical (unpaired) electrons. The molecule has 2 aliphatic rings. The van der Waals surface area contributed by atoms with Crippen LogP contribution in [0.15, 0.2) is 53.0 Å². The predicted octanol–water partition coefficient (Wildman–Crippen LogP) is 6.55. The van der Waals surface area contributed by atoms with E-state index < -0.39 is 4.92 Å². The molecule has 36 heavy (non-hydrogen) atoms. The molecule has 0 N–H and O–H groups in total. The van der Waals surface area contributed by atoms with Crippen LogP contribution in [0.3, 0.4) is 0 Å². The summed E-state index contributed by atoms with van der Waals surface area (Å²) in [6.07, 6.45) is 10.2. The lowest BCUT2D eigenvalue weighted by Gasteiger charge is -2.26. The van der Waals surface area contributed by atoms with Crippen molar-refractivity contribution < 1.29 is 14.4 Å². The number of non-ortho nitro benzene ring substituents is 1. The van der Waals surface area contributed by atoms with Crippen LogP contribution in [-0.4, -0.2) is 67.2 Å². The number of piperidine rings is 2. The van der Waals surface area contributed by atoms with Crippen molar-refractivity contribution in [3.8, 4) is 11.5 Å². The summed E-state index contributed by atoms with van der Waals surface area (Å²) < 4.78 is 12.4. The van der Waals surface area contributed by atoms with E-state index in [1.807, 2.05) is 24.3 Å². The number of ether oxygens (including phenoxy) is 2. The van der Waals surface area contributed by atoms with Crippen molar-refractivity contribution in [1.29, 1.82) is 0 Å². The van der Waals surface area contributed by atoms with Crippen LogP contribution in [-0.2, 0) is 0 Å². The van der Waals surface area contributed by atoms with Gasteiger partial charge in [-0.1, -0.05) is 28.8 Å². The number of hydrogen-bond donors (Lipinski definition) is 0. The molecule has 0 atom stereocenters. The predicted molar refractivity (Wildman–Crippen MR) is 148 cm³/mol. The minimum absolute atomic E-state index is 0.0978. The van der Waals surface area contributed by atoms with E-state index in [2.05, 4.69) is 25.7 Å². The summed E-state index contributed by atoms with van der Waals surface area (Å²) in [6.45, 7) is 8.70. The number of nitro groups is 1. The van der Waals surface area contributed by atoms with Gasteiger partial charge in [0.25, 0.3) is 5.69 Å². The van der Waals surface area contributed by atoms with Gasteiger partial charge >= 0.3 is 0 Å². The SMILES string of the molecule is Brc1ccc(OCCCN2CCCCC2)cc1.O=[N+]([O-])c1ccc(OCCCN2CCCCC2)cc1. The van der Waals surface area contributed by atoms with E-state index in [9.17, 15) is 10.1 Å². The number of nitrogens with zero attached hydrogens (tertiary/aromatic N) is 3. The second-order valence-electron chi connectivity index (χ2n) is 9.41. The van der Waals surface area contributed by atoms with Crippen molar-refractivity contribution in [3.63, 3.8) is 0 Å². The van der Waals surface area contributed by atoms with Crippen molar-refractivity contribution in [2.45, 2.75) is 51.4 Å². The Bertz CT molecular complexity index is 867. The Labute approximate surface area is 224 Å². The average molecular weight is 563 g/mol. The molecule has 2 fully saturated rings. The molecule has 0 saturated carbocycles. The second-order valence-corrected chi connectivity index (χ2v) is 10.3. The summed E-state index contributed by atoms with van der Waals surface area (Å²) >= 11 is 3.42. The number of benzene rings is 2. The molecule has 2 saturated heterocycles. The highest BCUT2D eigenvalue weighted by Crippen LogP contribution is 2.18. The van der Waals surface area contributed by atoms with Crippen LogP contribution in [0.4, 0.5) is 5.69 Å². The smallest absolute Gasteiger partial charge is 0.269 e. The molecule has 0 aromatic heterocycles. The Morgan fingerprint density at radius 3 is 1.53 bits per heavy atom. The summed E-state index contributed by atoms with van der Waals surface area (Å²) in [5, 5.41) is 10.5. The van der Waals surface area contributed by atoms with E-state index in [0.29, 0.717) is 12.4 Å². The molecule has 0 amide bonds. The topological polar surface area (TPSA) is 68.1 Å². The highest BCUT2D eigenvalue weighted by Gasteiger charge is 2.10. The largest absolute Gasteiger partial charge is 0.494 e. The third-order valence-corrected chi connectivity index (χ3v) is 7.06. The van der Waals surface area contributed by atoms with E-state index in [1.54, 1.807) is 12.1 Å². The molecule has 0 spiro atoms. The zero-order chi connectivity index (χ0) is 25.4. The lowest BCUT2D eigenvalue weighted by molar-refractivity contribution is -0.384. The monoisotopic (exact) mass is 561 g/mol. The van der Waals surface area contributed by atoms with Crippen molar-refractivity contribution in [2.24, 2.45) is 0 Å². The Kier molecular flexibility index (Phi) is 13.1. The third-order valence-electron chi connectivity index (χ3n) is 6.53. The van der Waals surface area contributed by atoms with E-state index >= 15 is 0 Å². The first kappa shape index (κ1) is 28.4. The number of rotatable bonds is 11. The van der Waals surface area contributed by atoms with Gasteiger partial charge in [-0.05, 0) is 101 Å². The molecule has 2 aromatic rings. The Morgan fingerprint density at radius 1 is 0.694 bits per heavy atom. The molecule has 0 unspecified atom stereocenters. The van der Waals surface area contributed by atoms with Crippen molar-refractivity contribution in [1.82, 2.24) is 9.80 Å². The molecule has 198 valence electrons. The quantitative estimate of drug-likeness (QED) is 0.176. The fourth-order valence-electron chi connectivity index (χ4n) is 4.52. The Morgan fingerprint density at radius 2 is 1.11 bits per heavy atom. The maximum absolute atomic E-state index is 10.5. The van der Waals surface area contributed by atoms with Crippen LogP contribution >= 0.6 is 15.9 Å². The highest BCUT2D eigenvalue weighted by atomic mass is 79.9. The molecule has 8 heteroatoms. The lowest BCUT2D eigenvalue weighted by atomic mass is 10.1. The van der Waals surface area contributed by atoms with Gasteiger partial charge in [-0.25, -0.2) is 0 Å². The third kappa shape index (κ3) is 11.3. The van der Waals surface area contributed by atoms with Crippen molar-refractivity contribution >= 4 is 21.6 Å². The molecule has 2 aliphatic heterocycles. The maximum atomic E-state index is 10.5. The molecular formula is C28H40BrN3O4. The van der Waals surface area contributed by atoms with E-state index in [4.69, 9.17) is 9.47 Å². The van der Waals surface area contributed by atoms with Gasteiger partial charge in [0.1, 0.15) is 11.5 Å². The van der Waals surface area contributed by atoms with Crippen LogP contribution in [0.1, 0.15) is 51.4 Å². The number of halogens is 1. The van der Waals surface area contributed by atoms with Crippen LogP contribution in [0.5, 0.6) is 11.5 Å². The summed E-state index contributed by atoms with van der Waals surface area (Å²) in [4.78, 5) is 15.1. The van der Waals surface area contributed by atoms with Gasteiger partial charge in [0.05, 0.1) is 18.1 Å². The molecule has 0 aliphatic carbocycles. The summed E-state index contributed by atoms with van der Waals surface area (Å²) in [7, 11) is 0. The average Bonchev–Trinajstić information content (AvgIpc) is 2.92. The van der Waals surface area contributed by atoms with Crippen molar-refractivity contribution in [3.05, 3.63) is 63.1 Å². The summed E-state index contributed by atoms with van der Waals surface area (Å²) in [5.41, 5.74) is 0.0978. The molecule has 0 bridgehead atoms. The summed E-state index contributed by atoms with van der Waals surface area (Å²) in [5.74, 6) is 1.66. The van der Waals surface area contributed by atoms with Gasteiger partial charge in [0, 0.05) is 29.7 Å². The summed E-state index contributed by atoms with van der Waals surface area (Å²) in [6, 6.07) is 14.3. The number of likely N-dealkylation sites (tertiary alicyclic amines) is 2. The first-order valence-corrected chi connectivity index (χ1v) is 14.1. The van der Waals surface area contributed by atoms with Gasteiger partial charge in [0.15, 0.2) is 0 Å². The molecule has 2 heterocycles. The van der Waals surface area contributed by atoms with Gasteiger partial charge in [-0.15, -0.1) is 0 Å². The zero-order valence-corrected chi connectivity index (χ0v) is 22.9. The number of nitro benzene ring substituents is 1. The second kappa shape index (κ2) is 16.6. The van der Waals surface area contributed by atoms with E-state index in [-0.39, 0.29) is 5.69 Å². The number of hydrogen-bond acceptors (Lipinski definition) is 6. The molecule has 2 aromatic carbocycles. The molecule has 4 rings (SSSR count). The van der Waals surface area contributed by atoms with Crippen molar-refractivity contribution in [2.75, 3.05) is 52.5 Å². The zero-order valence-electron chi connectivity index (χ0n) is 21.3. The standard InChI is InChI=1S/C14H20BrNO.C14H20N2O3/c15-13-5-7-14(8-6-13)17-12-4-11-16-9-2-1-3-10-16;17-16(18)13-5-7-14(8-6-13)19-12-4-11-15-9-2-1-3-10-15/h5-8H,1-4,9-12H2;5-8H,1-4,9-12H2. The van der Waals surface area contributed by atoms with Gasteiger partial charge in [0.2, 0.25) is 0 Å².